The molecule has 0 aliphatic carbocycles. The summed E-state index contributed by atoms with van der Waals surface area (Å²) in [6.45, 7) is 4.14. The molecule has 0 aromatic carbocycles. The van der Waals surface area contributed by atoms with Gasteiger partial charge in [0.2, 0.25) is 0 Å². The highest BCUT2D eigenvalue weighted by molar-refractivity contribution is 5.00. The van der Waals surface area contributed by atoms with Crippen LogP contribution in [0.5, 0.6) is 0 Å². The van der Waals surface area contributed by atoms with Crippen molar-refractivity contribution in [1.82, 2.24) is 0 Å². The van der Waals surface area contributed by atoms with E-state index in [1.165, 1.54) is 0 Å². The smallest absolute Gasteiger partial charge is 0.0376 e. The highest BCUT2D eigenvalue weighted by Crippen LogP contribution is 1.79. The molecular formula is C7H12. The minimum Gasteiger partial charge on any atom is -0.0877 e. The van der Waals surface area contributed by atoms with Crippen LogP contribution in [0.15, 0.2) is 24.3 Å². The van der Waals surface area contributed by atoms with Crippen molar-refractivity contribution < 1.29 is 0 Å². The van der Waals surface area contributed by atoms with Crippen LogP contribution in [0.25, 0.3) is 0 Å². The monoisotopic (exact) mass is 96.1 g/mol. The molecule has 0 radical (unpaired) electrons. The Morgan fingerprint density at radius 1 is 1.29 bits per heavy atom. The van der Waals surface area contributed by atoms with Crippen molar-refractivity contribution in [2.24, 2.45) is 0 Å². The van der Waals surface area contributed by atoms with Crippen LogP contribution in [0.3, 0.4) is 0 Å². The normalized spacial score (nSPS) is 11.7. The van der Waals surface area contributed by atoms with Crippen molar-refractivity contribution in [3.05, 3.63) is 24.3 Å². The molecule has 0 amide bonds. The molecule has 0 atom stereocenters. The van der Waals surface area contributed by atoms with Crippen molar-refractivity contribution in [1.29, 1.82) is 0 Å². The number of rotatable bonds is 2. The second kappa shape index (κ2) is 5.48. The summed E-state index contributed by atoms with van der Waals surface area (Å²) < 4.78 is 0. The first kappa shape index (κ1) is 6.48. The molecule has 0 heteroatoms. The zero-order valence-corrected chi connectivity index (χ0v) is 5.02. The molecule has 0 saturated heterocycles. The Morgan fingerprint density at radius 3 is 2.43 bits per heavy atom. The maximum atomic E-state index is 2.12. The summed E-state index contributed by atoms with van der Waals surface area (Å²) in [7, 11) is 0. The van der Waals surface area contributed by atoms with Gasteiger partial charge in [0.05, 0.1) is 0 Å². The molecule has 0 aliphatic rings. The molecule has 0 nitrogen and oxygen atoms in total. The van der Waals surface area contributed by atoms with Gasteiger partial charge in [0.1, 0.15) is 0 Å². The summed E-state index contributed by atoms with van der Waals surface area (Å²) in [6.07, 6.45) is 9.36. The Hall–Kier alpha value is -0.520. The summed E-state index contributed by atoms with van der Waals surface area (Å²) in [5, 5.41) is 0. The average Bonchev–Trinajstić information content (AvgIpc) is 1.69. The van der Waals surface area contributed by atoms with Gasteiger partial charge in [-0.3, -0.25) is 0 Å². The standard InChI is InChI=1S/C7H12/c1-3-5-7-6-4-2/h3,5-7H,4H2,1-2H3/b5-3-,7-6+. The molecule has 7 heavy (non-hydrogen) atoms. The molecule has 0 fully saturated rings. The lowest BCUT2D eigenvalue weighted by Crippen LogP contribution is -1.48. The van der Waals surface area contributed by atoms with E-state index in [-0.39, 0.29) is 0 Å². The van der Waals surface area contributed by atoms with Crippen molar-refractivity contribution in [3.63, 3.8) is 0 Å². The zero-order chi connectivity index (χ0) is 5.54. The van der Waals surface area contributed by atoms with Crippen LogP contribution in [0.4, 0.5) is 0 Å². The molecule has 0 spiro atoms. The second-order valence-electron chi connectivity index (χ2n) is 1.36. The maximum absolute atomic E-state index is 2.12. The van der Waals surface area contributed by atoms with Crippen molar-refractivity contribution >= 4 is 0 Å². The van der Waals surface area contributed by atoms with Gasteiger partial charge in [-0.15, -0.1) is 0 Å². The molecule has 0 unspecified atom stereocenters. The average molecular weight is 96.2 g/mol. The van der Waals surface area contributed by atoms with Crippen LogP contribution < -0.4 is 0 Å². The third kappa shape index (κ3) is 5.48. The Bertz CT molecular complexity index is 68.1. The van der Waals surface area contributed by atoms with Gasteiger partial charge >= 0.3 is 0 Å². The van der Waals surface area contributed by atoms with E-state index in [4.69, 9.17) is 0 Å². The van der Waals surface area contributed by atoms with Crippen LogP contribution in [-0.4, -0.2) is 0 Å². The van der Waals surface area contributed by atoms with E-state index < -0.39 is 0 Å². The van der Waals surface area contributed by atoms with Crippen molar-refractivity contribution in [2.75, 3.05) is 0 Å². The van der Waals surface area contributed by atoms with Gasteiger partial charge in [-0.1, -0.05) is 31.2 Å². The lowest BCUT2D eigenvalue weighted by Gasteiger charge is -1.70. The summed E-state index contributed by atoms with van der Waals surface area (Å²) in [6, 6.07) is 0. The van der Waals surface area contributed by atoms with E-state index in [0.717, 1.165) is 6.42 Å². The topological polar surface area (TPSA) is 0 Å². The molecule has 0 aromatic heterocycles. The first-order valence-electron chi connectivity index (χ1n) is 2.69. The largest absolute Gasteiger partial charge is 0.0877 e. The molecule has 0 rings (SSSR count). The first-order chi connectivity index (χ1) is 3.41. The van der Waals surface area contributed by atoms with Gasteiger partial charge in [0.15, 0.2) is 0 Å². The van der Waals surface area contributed by atoms with Gasteiger partial charge in [-0.25, -0.2) is 0 Å². The SMILES string of the molecule is C/C=C\C=C\CC. The fourth-order valence-corrected chi connectivity index (χ4v) is 0.326. The van der Waals surface area contributed by atoms with Crippen LogP contribution in [-0.2, 0) is 0 Å². The Morgan fingerprint density at radius 2 is 2.00 bits per heavy atom. The Balaban J connectivity index is 3.09. The molecule has 0 aliphatic heterocycles. The third-order valence-corrected chi connectivity index (χ3v) is 0.675. The maximum Gasteiger partial charge on any atom is -0.0376 e. The number of hydrogen-bond donors (Lipinski definition) is 0. The Labute approximate surface area is 45.5 Å². The fraction of sp³-hybridized carbons (Fsp3) is 0.429. The highest BCUT2D eigenvalue weighted by atomic mass is 13.6. The van der Waals surface area contributed by atoms with Gasteiger partial charge < -0.3 is 0 Å². The predicted molar refractivity (Wildman–Crippen MR) is 34.2 cm³/mol. The van der Waals surface area contributed by atoms with Crippen LogP contribution >= 0.6 is 0 Å². The first-order valence-corrected chi connectivity index (χ1v) is 2.69. The van der Waals surface area contributed by atoms with Gasteiger partial charge in [0, 0.05) is 0 Å². The molecule has 0 N–H and O–H groups in total. The van der Waals surface area contributed by atoms with E-state index >= 15 is 0 Å². The van der Waals surface area contributed by atoms with Crippen molar-refractivity contribution in [3.8, 4) is 0 Å². The van der Waals surface area contributed by atoms with E-state index in [0.29, 0.717) is 0 Å². The zero-order valence-electron chi connectivity index (χ0n) is 5.02. The third-order valence-electron chi connectivity index (χ3n) is 0.675. The van der Waals surface area contributed by atoms with Gasteiger partial charge in [0.25, 0.3) is 0 Å². The number of hydrogen-bond acceptors (Lipinski definition) is 0. The fourth-order valence-electron chi connectivity index (χ4n) is 0.326. The van der Waals surface area contributed by atoms with Crippen LogP contribution in [0.2, 0.25) is 0 Å². The molecular weight excluding hydrogens is 84.1 g/mol. The lowest BCUT2D eigenvalue weighted by atomic mass is 10.4. The van der Waals surface area contributed by atoms with Gasteiger partial charge in [-0.2, -0.15) is 0 Å². The van der Waals surface area contributed by atoms with E-state index in [1.54, 1.807) is 0 Å². The molecule has 0 aromatic rings. The van der Waals surface area contributed by atoms with Crippen LogP contribution in [0, 0.1) is 0 Å². The highest BCUT2D eigenvalue weighted by Gasteiger charge is 1.57. The minimum atomic E-state index is 1.13. The summed E-state index contributed by atoms with van der Waals surface area (Å²) in [5.74, 6) is 0. The molecule has 40 valence electrons. The van der Waals surface area contributed by atoms with Crippen LogP contribution in [0.1, 0.15) is 20.3 Å². The van der Waals surface area contributed by atoms with Crippen molar-refractivity contribution in [2.45, 2.75) is 20.3 Å². The quantitative estimate of drug-likeness (QED) is 0.463. The van der Waals surface area contributed by atoms with E-state index in [9.17, 15) is 0 Å². The van der Waals surface area contributed by atoms with E-state index in [2.05, 4.69) is 19.1 Å². The molecule has 0 heterocycles. The molecule has 0 bridgehead atoms. The van der Waals surface area contributed by atoms with Gasteiger partial charge in [-0.05, 0) is 13.3 Å². The van der Waals surface area contributed by atoms with E-state index in [1.807, 2.05) is 19.1 Å². The summed E-state index contributed by atoms with van der Waals surface area (Å²) in [5.41, 5.74) is 0. The predicted octanol–water partition coefficient (Wildman–Crippen LogP) is 2.53. The summed E-state index contributed by atoms with van der Waals surface area (Å²) >= 11 is 0. The Kier molecular flexibility index (Phi) is 5.07. The second-order valence-corrected chi connectivity index (χ2v) is 1.36. The lowest BCUT2D eigenvalue weighted by molar-refractivity contribution is 1.22. The summed E-state index contributed by atoms with van der Waals surface area (Å²) in [4.78, 5) is 0. The number of allylic oxidation sites excluding steroid dienone is 4. The molecule has 0 saturated carbocycles. The minimum absolute atomic E-state index is 1.13.